The van der Waals surface area contributed by atoms with Crippen molar-refractivity contribution in [3.8, 4) is 28.7 Å². The lowest BCUT2D eigenvalue weighted by molar-refractivity contribution is 0.483. The van der Waals surface area contributed by atoms with Gasteiger partial charge >= 0.3 is 0 Å². The summed E-state index contributed by atoms with van der Waals surface area (Å²) in [5.74, 6) is 1.30. The first kappa shape index (κ1) is 17.6. The normalized spacial score (nSPS) is 11.6. The molecule has 26 heavy (non-hydrogen) atoms. The van der Waals surface area contributed by atoms with Crippen LogP contribution in [0.5, 0.6) is 11.5 Å². The fourth-order valence-corrected chi connectivity index (χ4v) is 3.51. The Morgan fingerprint density at radius 3 is 2.50 bits per heavy atom. The van der Waals surface area contributed by atoms with Crippen LogP contribution in [0.15, 0.2) is 64.4 Å². The lowest BCUT2D eigenvalue weighted by Gasteiger charge is -2.11. The van der Waals surface area contributed by atoms with Crippen LogP contribution in [-0.2, 0) is 10.8 Å². The minimum absolute atomic E-state index is 0.131. The molecule has 1 atom stereocenters. The van der Waals surface area contributed by atoms with Gasteiger partial charge < -0.3 is 9.72 Å². The topological polar surface area (TPSA) is 82.9 Å². The average molecular weight is 364 g/mol. The highest BCUT2D eigenvalue weighted by atomic mass is 32.2. The Morgan fingerprint density at radius 2 is 1.85 bits per heavy atom. The number of ether oxygens (including phenoxy) is 1. The molecule has 0 spiro atoms. The molecule has 0 fully saturated rings. The van der Waals surface area contributed by atoms with Crippen molar-refractivity contribution in [2.45, 2.75) is 11.8 Å². The molecule has 6 heteroatoms. The van der Waals surface area contributed by atoms with Crippen LogP contribution in [0, 0.1) is 18.3 Å². The van der Waals surface area contributed by atoms with Gasteiger partial charge in [0, 0.05) is 18.0 Å². The number of hydrogen-bond donors (Lipinski definition) is 1. The highest BCUT2D eigenvalue weighted by molar-refractivity contribution is 7.84. The first-order valence-corrected chi connectivity index (χ1v) is 9.39. The smallest absolute Gasteiger partial charge is 0.267 e. The van der Waals surface area contributed by atoms with E-state index in [0.717, 1.165) is 5.56 Å². The van der Waals surface area contributed by atoms with Crippen LogP contribution < -0.4 is 10.3 Å². The summed E-state index contributed by atoms with van der Waals surface area (Å²) in [5.41, 5.74) is 1.70. The Bertz CT molecular complexity index is 1080. The predicted octanol–water partition coefficient (Wildman–Crippen LogP) is 3.75. The van der Waals surface area contributed by atoms with Crippen molar-refractivity contribution in [3.05, 3.63) is 76.2 Å². The number of aryl methyl sites for hydroxylation is 1. The number of H-pyrrole nitrogens is 1. The van der Waals surface area contributed by atoms with Gasteiger partial charge in [-0.1, -0.05) is 29.8 Å². The van der Waals surface area contributed by atoms with Crippen LogP contribution in [0.2, 0.25) is 0 Å². The van der Waals surface area contributed by atoms with E-state index in [0.29, 0.717) is 22.6 Å². The van der Waals surface area contributed by atoms with E-state index in [2.05, 4.69) is 4.98 Å². The molecule has 1 aromatic heterocycles. The van der Waals surface area contributed by atoms with Crippen LogP contribution in [0.4, 0.5) is 0 Å². The van der Waals surface area contributed by atoms with E-state index in [1.807, 2.05) is 49.4 Å². The Hall–Kier alpha value is -3.17. The zero-order chi connectivity index (χ0) is 18.7. The minimum atomic E-state index is -1.49. The Balaban J connectivity index is 2.06. The highest BCUT2D eigenvalue weighted by Gasteiger charge is 2.17. The number of nitrogens with zero attached hydrogens (tertiary/aromatic N) is 1. The number of pyridine rings is 1. The molecule has 0 radical (unpaired) electrons. The zero-order valence-corrected chi connectivity index (χ0v) is 15.1. The Morgan fingerprint density at radius 1 is 1.12 bits per heavy atom. The molecule has 0 aliphatic heterocycles. The average Bonchev–Trinajstić information content (AvgIpc) is 2.63. The summed E-state index contributed by atoms with van der Waals surface area (Å²) in [6, 6.07) is 16.7. The number of hydrogen-bond acceptors (Lipinski definition) is 4. The van der Waals surface area contributed by atoms with Crippen molar-refractivity contribution in [3.63, 3.8) is 0 Å². The maximum absolute atomic E-state index is 12.2. The van der Waals surface area contributed by atoms with Gasteiger partial charge in [-0.3, -0.25) is 9.00 Å². The van der Waals surface area contributed by atoms with Crippen LogP contribution in [0.3, 0.4) is 0 Å². The van der Waals surface area contributed by atoms with Crippen LogP contribution in [0.25, 0.3) is 11.1 Å². The number of benzene rings is 2. The first-order valence-electron chi connectivity index (χ1n) is 7.84. The van der Waals surface area contributed by atoms with Gasteiger partial charge in [0.15, 0.2) is 0 Å². The Kier molecular flexibility index (Phi) is 5.01. The molecule has 1 heterocycles. The number of rotatable bonds is 4. The van der Waals surface area contributed by atoms with E-state index < -0.39 is 16.4 Å². The summed E-state index contributed by atoms with van der Waals surface area (Å²) in [4.78, 5) is 14.6. The monoisotopic (exact) mass is 364 g/mol. The molecule has 3 rings (SSSR count). The van der Waals surface area contributed by atoms with E-state index >= 15 is 0 Å². The van der Waals surface area contributed by atoms with Gasteiger partial charge in [-0.25, -0.2) is 0 Å². The molecular weight excluding hydrogens is 348 g/mol. The van der Waals surface area contributed by atoms with Crippen molar-refractivity contribution in [2.75, 3.05) is 6.26 Å². The molecule has 2 aromatic carbocycles. The fourth-order valence-electron chi connectivity index (χ4n) is 2.60. The van der Waals surface area contributed by atoms with Crippen molar-refractivity contribution in [1.82, 2.24) is 4.98 Å². The number of aromatic nitrogens is 1. The summed E-state index contributed by atoms with van der Waals surface area (Å²) in [7, 11) is -1.49. The molecule has 1 unspecified atom stereocenters. The van der Waals surface area contributed by atoms with E-state index in [-0.39, 0.29) is 10.5 Å². The minimum Gasteiger partial charge on any atom is -0.457 e. The third-order valence-electron chi connectivity index (χ3n) is 3.85. The van der Waals surface area contributed by atoms with E-state index in [1.54, 1.807) is 12.1 Å². The summed E-state index contributed by atoms with van der Waals surface area (Å²) in [5, 5.41) is 9.26. The first-order chi connectivity index (χ1) is 12.5. The summed E-state index contributed by atoms with van der Waals surface area (Å²) >= 11 is 0. The lowest BCUT2D eigenvalue weighted by Crippen LogP contribution is -2.14. The maximum Gasteiger partial charge on any atom is 0.267 e. The highest BCUT2D eigenvalue weighted by Crippen LogP contribution is 2.30. The third-order valence-corrected chi connectivity index (χ3v) is 4.85. The summed E-state index contributed by atoms with van der Waals surface area (Å²) in [6.45, 7) is 2.00. The van der Waals surface area contributed by atoms with Gasteiger partial charge in [0.1, 0.15) is 23.1 Å². The van der Waals surface area contributed by atoms with E-state index in [1.165, 1.54) is 12.5 Å². The van der Waals surface area contributed by atoms with Crippen LogP contribution in [0.1, 0.15) is 11.1 Å². The van der Waals surface area contributed by atoms with Gasteiger partial charge in [0.25, 0.3) is 5.56 Å². The zero-order valence-electron chi connectivity index (χ0n) is 14.3. The molecule has 0 amide bonds. The SMILES string of the molecule is Cc1ccc(Oc2cccc(-c3c[nH]c(=O)c(C#N)c3S(C)=O)c2)cc1. The number of aromatic amines is 1. The molecule has 5 nitrogen and oxygen atoms in total. The second-order valence-electron chi connectivity index (χ2n) is 5.74. The van der Waals surface area contributed by atoms with E-state index in [4.69, 9.17) is 4.74 Å². The van der Waals surface area contributed by atoms with Gasteiger partial charge in [-0.05, 0) is 36.8 Å². The van der Waals surface area contributed by atoms with Gasteiger partial charge in [-0.15, -0.1) is 0 Å². The quantitative estimate of drug-likeness (QED) is 0.764. The fraction of sp³-hybridized carbons (Fsp3) is 0.100. The van der Waals surface area contributed by atoms with Crippen LogP contribution in [-0.4, -0.2) is 15.4 Å². The second kappa shape index (κ2) is 7.38. The van der Waals surface area contributed by atoms with Gasteiger partial charge in [-0.2, -0.15) is 5.26 Å². The molecule has 0 saturated carbocycles. The molecule has 130 valence electrons. The Labute approximate surface area is 153 Å². The number of nitrogens with one attached hydrogen (secondary N) is 1. The molecule has 0 aliphatic carbocycles. The summed E-state index contributed by atoms with van der Waals surface area (Å²) in [6.07, 6.45) is 2.93. The van der Waals surface area contributed by atoms with Crippen molar-refractivity contribution < 1.29 is 8.95 Å². The van der Waals surface area contributed by atoms with Gasteiger partial charge in [0.05, 0.1) is 15.7 Å². The molecule has 3 aromatic rings. The largest absolute Gasteiger partial charge is 0.457 e. The molecule has 0 aliphatic rings. The molecular formula is C20H16N2O3S. The van der Waals surface area contributed by atoms with Crippen LogP contribution >= 0.6 is 0 Å². The lowest BCUT2D eigenvalue weighted by atomic mass is 10.1. The standard InChI is InChI=1S/C20H16N2O3S/c1-13-6-8-15(9-7-13)25-16-5-3-4-14(10-16)18-12-22-20(23)17(11-21)19(18)26(2)24/h3-10,12H,1-2H3,(H,22,23). The third kappa shape index (κ3) is 3.58. The molecule has 0 bridgehead atoms. The maximum atomic E-state index is 12.2. The van der Waals surface area contributed by atoms with Gasteiger partial charge in [0.2, 0.25) is 0 Å². The molecule has 1 N–H and O–H groups in total. The van der Waals surface area contributed by atoms with Crippen molar-refractivity contribution in [2.24, 2.45) is 0 Å². The number of nitriles is 1. The van der Waals surface area contributed by atoms with E-state index in [9.17, 15) is 14.3 Å². The van der Waals surface area contributed by atoms with Crippen molar-refractivity contribution in [1.29, 1.82) is 5.26 Å². The summed E-state index contributed by atoms with van der Waals surface area (Å²) < 4.78 is 18.0. The second-order valence-corrected chi connectivity index (χ2v) is 7.06. The predicted molar refractivity (Wildman–Crippen MR) is 101 cm³/mol. The molecule has 0 saturated heterocycles. The van der Waals surface area contributed by atoms with Crippen molar-refractivity contribution >= 4 is 10.8 Å².